The van der Waals surface area contributed by atoms with Crippen LogP contribution in [0.3, 0.4) is 0 Å². The predicted octanol–water partition coefficient (Wildman–Crippen LogP) is 13.1. The fourth-order valence-corrected chi connectivity index (χ4v) is 7.78. The third-order valence-corrected chi connectivity index (χ3v) is 11.5. The van der Waals surface area contributed by atoms with E-state index in [1.165, 1.54) is 33.4 Å². The summed E-state index contributed by atoms with van der Waals surface area (Å²) in [7, 11) is 0. The number of nitrogens with zero attached hydrogens (tertiary/aromatic N) is 2. The van der Waals surface area contributed by atoms with E-state index < -0.39 is 0 Å². The molecule has 0 aromatic heterocycles. The molecule has 0 bridgehead atoms. The van der Waals surface area contributed by atoms with E-state index in [0.29, 0.717) is 13.1 Å². The van der Waals surface area contributed by atoms with Gasteiger partial charge in [0.25, 0.3) is 0 Å². The fourth-order valence-electron chi connectivity index (χ4n) is 7.78. The van der Waals surface area contributed by atoms with Gasteiger partial charge in [-0.1, -0.05) is 229 Å². The molecule has 0 unspecified atom stereocenters. The van der Waals surface area contributed by atoms with Gasteiger partial charge in [-0.25, -0.2) is 0 Å². The largest absolute Gasteiger partial charge is 2.00 e. The zero-order valence-corrected chi connectivity index (χ0v) is 43.5. The monoisotopic (exact) mass is 892 g/mol. The standard InChI is InChI=1S/2C29H37NO.Zn/c2*1-28(2,3)25-17-24(27(31)26(18-25)29(4,5)6)21-30(19-22-13-9-7-10-14-22)20-23-15-11-8-12-16-23;/h2*7-18,31H,19-21H2,1-6H3;/q;;+2/p-2. The summed E-state index contributed by atoms with van der Waals surface area (Å²) in [5.74, 6) is 0.373. The molecule has 0 fully saturated rings. The summed E-state index contributed by atoms with van der Waals surface area (Å²) in [6, 6.07) is 50.6. The zero-order chi connectivity index (χ0) is 45.3. The van der Waals surface area contributed by atoms with Crippen molar-refractivity contribution in [1.29, 1.82) is 0 Å². The molecular formula is C58H72N2O2Zn. The summed E-state index contributed by atoms with van der Waals surface area (Å²) in [5.41, 5.74) is 10.7. The molecule has 0 amide bonds. The smallest absolute Gasteiger partial charge is 0.872 e. The molecule has 6 aromatic carbocycles. The van der Waals surface area contributed by atoms with E-state index in [0.717, 1.165) is 48.4 Å². The molecule has 0 saturated heterocycles. The average Bonchev–Trinajstić information content (AvgIpc) is 3.19. The number of hydrogen-bond acceptors (Lipinski definition) is 4. The van der Waals surface area contributed by atoms with Crippen molar-refractivity contribution in [3.63, 3.8) is 0 Å². The molecule has 0 aliphatic heterocycles. The Bertz CT molecular complexity index is 2050. The van der Waals surface area contributed by atoms with E-state index in [-0.39, 0.29) is 52.6 Å². The van der Waals surface area contributed by atoms with Crippen LogP contribution in [0.5, 0.6) is 11.5 Å². The van der Waals surface area contributed by atoms with Crippen molar-refractivity contribution in [3.05, 3.63) is 201 Å². The third kappa shape index (κ3) is 15.3. The summed E-state index contributed by atoms with van der Waals surface area (Å²) in [5, 5.41) is 27.0. The maximum Gasteiger partial charge on any atom is 2.00 e. The fraction of sp³-hybridized carbons (Fsp3) is 0.379. The zero-order valence-electron chi connectivity index (χ0n) is 40.5. The van der Waals surface area contributed by atoms with E-state index in [4.69, 9.17) is 0 Å². The predicted molar refractivity (Wildman–Crippen MR) is 258 cm³/mol. The van der Waals surface area contributed by atoms with Gasteiger partial charge in [-0.05, 0) is 77.3 Å². The van der Waals surface area contributed by atoms with Crippen molar-refractivity contribution in [2.45, 2.75) is 144 Å². The Labute approximate surface area is 394 Å². The molecule has 6 rings (SSSR count). The van der Waals surface area contributed by atoms with Crippen LogP contribution >= 0.6 is 0 Å². The number of hydrogen-bond donors (Lipinski definition) is 0. The molecule has 0 spiro atoms. The SMILES string of the molecule is CC(C)(C)c1cc(CN(Cc2ccccc2)Cc2ccccc2)c([O-])c(C(C)(C)C)c1.CC(C)(C)c1cc(CN(Cc2ccccc2)Cc2ccccc2)c([O-])c(C(C)(C)C)c1.[Zn+2]. The minimum absolute atomic E-state index is 0. The van der Waals surface area contributed by atoms with Crippen LogP contribution in [0.15, 0.2) is 146 Å². The van der Waals surface area contributed by atoms with Gasteiger partial charge in [-0.2, -0.15) is 0 Å². The van der Waals surface area contributed by atoms with Gasteiger partial charge in [0.15, 0.2) is 0 Å². The van der Waals surface area contributed by atoms with E-state index >= 15 is 0 Å². The summed E-state index contributed by atoms with van der Waals surface area (Å²) in [6.45, 7) is 30.6. The van der Waals surface area contributed by atoms with Crippen molar-refractivity contribution in [2.75, 3.05) is 0 Å². The van der Waals surface area contributed by atoms with Gasteiger partial charge in [-0.15, -0.1) is 11.5 Å². The minimum Gasteiger partial charge on any atom is -0.872 e. The summed E-state index contributed by atoms with van der Waals surface area (Å²) in [4.78, 5) is 4.75. The first-order valence-corrected chi connectivity index (χ1v) is 22.4. The van der Waals surface area contributed by atoms with Crippen LogP contribution < -0.4 is 10.2 Å². The molecule has 0 atom stereocenters. The molecule has 0 aliphatic rings. The van der Waals surface area contributed by atoms with E-state index in [1.54, 1.807) is 0 Å². The Hall–Kier alpha value is -4.54. The molecular weight excluding hydrogens is 822 g/mol. The van der Waals surface area contributed by atoms with Crippen LogP contribution in [0.2, 0.25) is 0 Å². The van der Waals surface area contributed by atoms with E-state index in [2.05, 4.69) is 214 Å². The molecule has 0 heterocycles. The Morgan fingerprint density at radius 3 is 0.778 bits per heavy atom. The van der Waals surface area contributed by atoms with Crippen molar-refractivity contribution in [1.82, 2.24) is 9.80 Å². The first-order chi connectivity index (χ1) is 29.1. The second kappa shape index (κ2) is 21.9. The third-order valence-electron chi connectivity index (χ3n) is 11.5. The quantitative estimate of drug-likeness (QED) is 0.115. The van der Waals surface area contributed by atoms with E-state index in [1.807, 2.05) is 24.3 Å². The second-order valence-corrected chi connectivity index (χ2v) is 21.3. The minimum atomic E-state index is -0.184. The normalized spacial score (nSPS) is 12.2. The molecule has 0 aliphatic carbocycles. The number of rotatable bonds is 12. The molecule has 5 heteroatoms. The van der Waals surface area contributed by atoms with Crippen LogP contribution in [0.1, 0.15) is 139 Å². The Morgan fingerprint density at radius 1 is 0.333 bits per heavy atom. The van der Waals surface area contributed by atoms with Gasteiger partial charge >= 0.3 is 19.5 Å². The van der Waals surface area contributed by atoms with Crippen molar-refractivity contribution >= 4 is 0 Å². The Kier molecular flexibility index (Phi) is 17.8. The molecule has 328 valence electrons. The second-order valence-electron chi connectivity index (χ2n) is 21.3. The molecule has 6 aromatic rings. The van der Waals surface area contributed by atoms with Gasteiger partial charge in [0, 0.05) is 39.3 Å². The molecule has 0 N–H and O–H groups in total. The van der Waals surface area contributed by atoms with Gasteiger partial charge in [0.1, 0.15) is 0 Å². The van der Waals surface area contributed by atoms with Crippen molar-refractivity contribution in [2.24, 2.45) is 0 Å². The first-order valence-electron chi connectivity index (χ1n) is 22.4. The maximum absolute atomic E-state index is 13.5. The van der Waals surface area contributed by atoms with Gasteiger partial charge in [0.2, 0.25) is 0 Å². The van der Waals surface area contributed by atoms with Gasteiger partial charge in [-0.3, -0.25) is 9.80 Å². The molecule has 4 nitrogen and oxygen atoms in total. The Balaban J connectivity index is 0.000000272. The average molecular weight is 895 g/mol. The van der Waals surface area contributed by atoms with Crippen LogP contribution in [-0.4, -0.2) is 9.80 Å². The van der Waals surface area contributed by atoms with Crippen LogP contribution in [0.25, 0.3) is 0 Å². The van der Waals surface area contributed by atoms with Crippen molar-refractivity contribution in [3.8, 4) is 11.5 Å². The summed E-state index contributed by atoms with van der Waals surface area (Å²) in [6.07, 6.45) is 0. The molecule has 0 saturated carbocycles. The van der Waals surface area contributed by atoms with Crippen LogP contribution in [0.4, 0.5) is 0 Å². The summed E-state index contributed by atoms with van der Waals surface area (Å²) >= 11 is 0. The van der Waals surface area contributed by atoms with E-state index in [9.17, 15) is 10.2 Å². The summed E-state index contributed by atoms with van der Waals surface area (Å²) < 4.78 is 0. The van der Waals surface area contributed by atoms with Crippen LogP contribution in [-0.2, 0) is 80.4 Å². The molecule has 0 radical (unpaired) electrons. The topological polar surface area (TPSA) is 52.6 Å². The molecule has 63 heavy (non-hydrogen) atoms. The Morgan fingerprint density at radius 2 is 0.571 bits per heavy atom. The van der Waals surface area contributed by atoms with Crippen molar-refractivity contribution < 1.29 is 29.7 Å². The number of benzene rings is 6. The van der Waals surface area contributed by atoms with Crippen LogP contribution in [0, 0.1) is 0 Å². The first kappa shape index (κ1) is 51.1. The van der Waals surface area contributed by atoms with Gasteiger partial charge in [0.05, 0.1) is 0 Å². The van der Waals surface area contributed by atoms with Gasteiger partial charge < -0.3 is 10.2 Å². The maximum atomic E-state index is 13.5.